The first-order chi connectivity index (χ1) is 8.24. The minimum Gasteiger partial charge on any atom is -0.384 e. The number of hydrogen-bond acceptors (Lipinski definition) is 4. The molecule has 0 bridgehead atoms. The van der Waals surface area contributed by atoms with Gasteiger partial charge in [0, 0.05) is 23.7 Å². The zero-order chi connectivity index (χ0) is 11.8. The molecule has 3 heterocycles. The van der Waals surface area contributed by atoms with E-state index in [0.29, 0.717) is 11.7 Å². The predicted molar refractivity (Wildman–Crippen MR) is 81.5 cm³/mol. The third-order valence-corrected chi connectivity index (χ3v) is 3.35. The van der Waals surface area contributed by atoms with Gasteiger partial charge in [-0.2, -0.15) is 9.61 Å². The highest BCUT2D eigenvalue weighted by Gasteiger charge is 2.18. The number of aryl methyl sites for hydroxylation is 1. The number of hydrogen-bond donors (Lipinski definition) is 2. The van der Waals surface area contributed by atoms with E-state index in [-0.39, 0.29) is 24.8 Å². The van der Waals surface area contributed by atoms with Crippen LogP contribution in [0.3, 0.4) is 0 Å². The fourth-order valence-corrected chi connectivity index (χ4v) is 2.46. The number of anilines is 1. The van der Waals surface area contributed by atoms with Crippen LogP contribution in [-0.4, -0.2) is 27.7 Å². The molecule has 106 valence electrons. The van der Waals surface area contributed by atoms with Crippen LogP contribution in [-0.2, 0) is 0 Å². The van der Waals surface area contributed by atoms with Gasteiger partial charge in [-0.3, -0.25) is 0 Å². The van der Waals surface area contributed by atoms with E-state index < -0.39 is 0 Å². The highest BCUT2D eigenvalue weighted by atomic mass is 35.5. The van der Waals surface area contributed by atoms with Crippen molar-refractivity contribution in [1.29, 1.82) is 0 Å². The van der Waals surface area contributed by atoms with E-state index in [9.17, 15) is 0 Å². The third-order valence-electron chi connectivity index (χ3n) is 3.35. The lowest BCUT2D eigenvalue weighted by molar-refractivity contribution is 0.453. The Kier molecular flexibility index (Phi) is 5.40. The second-order valence-electron chi connectivity index (χ2n) is 4.69. The SMILES string of the molecule is Cc1cc2nc(C3CCNCC3)cc(N)n2n1.Cl.Cl. The average molecular weight is 304 g/mol. The number of fused-ring (bicyclic) bond motifs is 1. The number of nitrogen functional groups attached to an aromatic ring is 1. The maximum Gasteiger partial charge on any atom is 0.157 e. The topological polar surface area (TPSA) is 68.2 Å². The number of halogens is 2. The molecule has 7 heteroatoms. The summed E-state index contributed by atoms with van der Waals surface area (Å²) in [6, 6.07) is 3.94. The molecule has 0 saturated carbocycles. The summed E-state index contributed by atoms with van der Waals surface area (Å²) in [7, 11) is 0. The van der Waals surface area contributed by atoms with Crippen LogP contribution in [0.4, 0.5) is 5.82 Å². The molecule has 1 fully saturated rings. The van der Waals surface area contributed by atoms with E-state index in [1.807, 2.05) is 19.1 Å². The van der Waals surface area contributed by atoms with Gasteiger partial charge in [0.05, 0.1) is 5.69 Å². The molecule has 5 nitrogen and oxygen atoms in total. The van der Waals surface area contributed by atoms with Gasteiger partial charge in [-0.1, -0.05) is 0 Å². The molecule has 0 atom stereocenters. The van der Waals surface area contributed by atoms with Crippen LogP contribution in [0.15, 0.2) is 12.1 Å². The molecule has 0 aromatic carbocycles. The number of rotatable bonds is 1. The van der Waals surface area contributed by atoms with Crippen molar-refractivity contribution in [3.05, 3.63) is 23.5 Å². The van der Waals surface area contributed by atoms with Crippen molar-refractivity contribution in [1.82, 2.24) is 19.9 Å². The van der Waals surface area contributed by atoms with Crippen molar-refractivity contribution in [2.75, 3.05) is 18.8 Å². The van der Waals surface area contributed by atoms with Gasteiger partial charge in [0.2, 0.25) is 0 Å². The van der Waals surface area contributed by atoms with E-state index >= 15 is 0 Å². The second-order valence-corrected chi connectivity index (χ2v) is 4.69. The highest BCUT2D eigenvalue weighted by molar-refractivity contribution is 5.85. The maximum atomic E-state index is 6.02. The van der Waals surface area contributed by atoms with E-state index in [0.717, 1.165) is 43.0 Å². The quantitative estimate of drug-likeness (QED) is 0.845. The number of aromatic nitrogens is 3. The lowest BCUT2D eigenvalue weighted by atomic mass is 9.94. The molecule has 2 aromatic rings. The van der Waals surface area contributed by atoms with Crippen LogP contribution in [0.5, 0.6) is 0 Å². The number of piperidine rings is 1. The predicted octanol–water partition coefficient (Wildman–Crippen LogP) is 1.93. The van der Waals surface area contributed by atoms with Crippen molar-refractivity contribution in [3.63, 3.8) is 0 Å². The Bertz CT molecular complexity index is 548. The zero-order valence-electron chi connectivity index (χ0n) is 10.8. The fraction of sp³-hybridized carbons (Fsp3) is 0.500. The summed E-state index contributed by atoms with van der Waals surface area (Å²) in [6.45, 7) is 4.09. The normalized spacial score (nSPS) is 15.8. The molecule has 19 heavy (non-hydrogen) atoms. The van der Waals surface area contributed by atoms with Crippen molar-refractivity contribution >= 4 is 36.3 Å². The van der Waals surface area contributed by atoms with E-state index in [1.165, 1.54) is 0 Å². The van der Waals surface area contributed by atoms with Gasteiger partial charge in [0.25, 0.3) is 0 Å². The van der Waals surface area contributed by atoms with Crippen molar-refractivity contribution < 1.29 is 0 Å². The summed E-state index contributed by atoms with van der Waals surface area (Å²) >= 11 is 0. The van der Waals surface area contributed by atoms with Crippen LogP contribution >= 0.6 is 24.8 Å². The van der Waals surface area contributed by atoms with E-state index in [2.05, 4.69) is 15.4 Å². The number of nitrogens with one attached hydrogen (secondary N) is 1. The van der Waals surface area contributed by atoms with Gasteiger partial charge in [-0.25, -0.2) is 4.98 Å². The van der Waals surface area contributed by atoms with Crippen LogP contribution in [0.25, 0.3) is 5.65 Å². The smallest absolute Gasteiger partial charge is 0.157 e. The van der Waals surface area contributed by atoms with E-state index in [4.69, 9.17) is 5.73 Å². The molecule has 1 saturated heterocycles. The van der Waals surface area contributed by atoms with Crippen LogP contribution in [0.1, 0.15) is 30.1 Å². The minimum absolute atomic E-state index is 0. The lowest BCUT2D eigenvalue weighted by Gasteiger charge is -2.22. The summed E-state index contributed by atoms with van der Waals surface area (Å²) in [4.78, 5) is 4.67. The molecule has 0 aliphatic carbocycles. The molecule has 1 aliphatic heterocycles. The average Bonchev–Trinajstić information content (AvgIpc) is 2.71. The van der Waals surface area contributed by atoms with Crippen LogP contribution in [0, 0.1) is 6.92 Å². The molecule has 0 unspecified atom stereocenters. The van der Waals surface area contributed by atoms with Gasteiger partial charge in [-0.05, 0) is 32.9 Å². The highest BCUT2D eigenvalue weighted by Crippen LogP contribution is 2.25. The second kappa shape index (κ2) is 6.41. The molecule has 3 rings (SSSR count). The standard InChI is InChI=1S/C12H17N5.2ClH/c1-8-6-12-15-10(7-11(13)17(12)16-8)9-2-4-14-5-3-9;;/h6-7,9,14H,2-5,13H2,1H3;2*1H. The van der Waals surface area contributed by atoms with E-state index in [1.54, 1.807) is 4.52 Å². The molecule has 1 aliphatic rings. The summed E-state index contributed by atoms with van der Waals surface area (Å²) in [5.74, 6) is 1.20. The van der Waals surface area contributed by atoms with Gasteiger partial charge in [0.1, 0.15) is 5.82 Å². The Morgan fingerprint density at radius 1 is 1.26 bits per heavy atom. The Morgan fingerprint density at radius 3 is 2.63 bits per heavy atom. The summed E-state index contributed by atoms with van der Waals surface area (Å²) in [6.07, 6.45) is 2.27. The van der Waals surface area contributed by atoms with Gasteiger partial charge in [-0.15, -0.1) is 24.8 Å². The first kappa shape index (κ1) is 16.0. The fourth-order valence-electron chi connectivity index (χ4n) is 2.46. The van der Waals surface area contributed by atoms with Gasteiger partial charge in [0.15, 0.2) is 5.65 Å². The molecule has 0 amide bonds. The van der Waals surface area contributed by atoms with Crippen LogP contribution in [0.2, 0.25) is 0 Å². The lowest BCUT2D eigenvalue weighted by Crippen LogP contribution is -2.27. The Morgan fingerprint density at radius 2 is 1.95 bits per heavy atom. The molecule has 2 aromatic heterocycles. The van der Waals surface area contributed by atoms with Gasteiger partial charge >= 0.3 is 0 Å². The number of nitrogens with two attached hydrogens (primary N) is 1. The molecule has 3 N–H and O–H groups in total. The molecule has 0 radical (unpaired) electrons. The molecular formula is C12H19Cl2N5. The zero-order valence-corrected chi connectivity index (χ0v) is 12.4. The maximum absolute atomic E-state index is 6.02. The summed E-state index contributed by atoms with van der Waals surface area (Å²) in [5, 5.41) is 7.68. The first-order valence-corrected chi connectivity index (χ1v) is 6.07. The van der Waals surface area contributed by atoms with Crippen molar-refractivity contribution in [2.24, 2.45) is 0 Å². The largest absolute Gasteiger partial charge is 0.384 e. The third kappa shape index (κ3) is 3.11. The Labute approximate surface area is 124 Å². The first-order valence-electron chi connectivity index (χ1n) is 6.07. The van der Waals surface area contributed by atoms with Gasteiger partial charge < -0.3 is 11.1 Å². The summed E-state index contributed by atoms with van der Waals surface area (Å²) in [5.41, 5.74) is 8.94. The molecular weight excluding hydrogens is 285 g/mol. The van der Waals surface area contributed by atoms with Crippen LogP contribution < -0.4 is 11.1 Å². The molecule has 0 spiro atoms. The Hall–Kier alpha value is -1.04. The summed E-state index contributed by atoms with van der Waals surface area (Å²) < 4.78 is 1.71. The Balaban J connectivity index is 0.000000902. The monoisotopic (exact) mass is 303 g/mol. The number of nitrogens with zero attached hydrogens (tertiary/aromatic N) is 3. The van der Waals surface area contributed by atoms with Crippen molar-refractivity contribution in [3.8, 4) is 0 Å². The van der Waals surface area contributed by atoms with Crippen molar-refractivity contribution in [2.45, 2.75) is 25.7 Å². The minimum atomic E-state index is 0.